The third-order valence-corrected chi connectivity index (χ3v) is 4.51. The second-order valence-electron chi connectivity index (χ2n) is 5.89. The molecule has 3 unspecified atom stereocenters. The fraction of sp³-hybridized carbons (Fsp3) is 1.00. The summed E-state index contributed by atoms with van der Waals surface area (Å²) in [7, 11) is 0. The maximum absolute atomic E-state index is 10.00. The number of ether oxygens (including phenoxy) is 1. The number of thioether (sulfide) groups is 1. The van der Waals surface area contributed by atoms with Gasteiger partial charge in [-0.1, -0.05) is 6.92 Å². The zero-order chi connectivity index (χ0) is 13.1. The van der Waals surface area contributed by atoms with Crippen LogP contribution >= 0.6 is 11.8 Å². The van der Waals surface area contributed by atoms with Crippen molar-refractivity contribution in [3.05, 3.63) is 0 Å². The Morgan fingerprint density at radius 2 is 2.06 bits per heavy atom. The predicted molar refractivity (Wildman–Crippen MR) is 74.7 cm³/mol. The van der Waals surface area contributed by atoms with E-state index in [1.165, 1.54) is 5.75 Å². The van der Waals surface area contributed by atoms with Crippen molar-refractivity contribution < 1.29 is 9.84 Å². The molecule has 0 spiro atoms. The third kappa shape index (κ3) is 5.60. The third-order valence-electron chi connectivity index (χ3n) is 3.17. The van der Waals surface area contributed by atoms with Crippen molar-refractivity contribution in [2.24, 2.45) is 0 Å². The van der Waals surface area contributed by atoms with Gasteiger partial charge in [-0.2, -0.15) is 11.8 Å². The number of hydrogen-bond acceptors (Lipinski definition) is 4. The van der Waals surface area contributed by atoms with E-state index in [4.69, 9.17) is 4.74 Å². The van der Waals surface area contributed by atoms with Gasteiger partial charge in [0, 0.05) is 30.1 Å². The second-order valence-corrected chi connectivity index (χ2v) is 7.37. The fourth-order valence-corrected chi connectivity index (χ4v) is 3.09. The number of aliphatic hydroxyl groups is 1. The van der Waals surface area contributed by atoms with Crippen LogP contribution in [-0.2, 0) is 4.74 Å². The van der Waals surface area contributed by atoms with Gasteiger partial charge < -0.3 is 9.84 Å². The van der Waals surface area contributed by atoms with Crippen LogP contribution in [0.5, 0.6) is 0 Å². The normalized spacial score (nSPS) is 29.3. The lowest BCUT2D eigenvalue weighted by molar-refractivity contribution is -0.0582. The highest BCUT2D eigenvalue weighted by atomic mass is 32.2. The second kappa shape index (κ2) is 6.41. The van der Waals surface area contributed by atoms with E-state index in [1.54, 1.807) is 0 Å². The van der Waals surface area contributed by atoms with Crippen molar-refractivity contribution in [3.8, 4) is 0 Å². The van der Waals surface area contributed by atoms with Gasteiger partial charge in [-0.15, -0.1) is 0 Å². The van der Waals surface area contributed by atoms with Crippen LogP contribution in [0.2, 0.25) is 0 Å². The first-order chi connectivity index (χ1) is 7.79. The van der Waals surface area contributed by atoms with Crippen molar-refractivity contribution >= 4 is 11.8 Å². The highest BCUT2D eigenvalue weighted by Gasteiger charge is 2.27. The topological polar surface area (TPSA) is 32.7 Å². The van der Waals surface area contributed by atoms with Gasteiger partial charge >= 0.3 is 0 Å². The van der Waals surface area contributed by atoms with E-state index in [2.05, 4.69) is 18.7 Å². The maximum atomic E-state index is 10.00. The minimum absolute atomic E-state index is 0.169. The molecule has 0 aromatic carbocycles. The van der Waals surface area contributed by atoms with Crippen molar-refractivity contribution in [2.75, 3.05) is 25.4 Å². The Labute approximate surface area is 110 Å². The molecule has 1 heterocycles. The Kier molecular flexibility index (Phi) is 5.77. The van der Waals surface area contributed by atoms with Gasteiger partial charge in [-0.3, -0.25) is 4.90 Å². The van der Waals surface area contributed by atoms with Crippen molar-refractivity contribution in [1.29, 1.82) is 0 Å². The summed E-state index contributed by atoms with van der Waals surface area (Å²) in [6.45, 7) is 12.8. The summed E-state index contributed by atoms with van der Waals surface area (Å²) in [4.78, 5) is 2.37. The lowest BCUT2D eigenvalue weighted by Gasteiger charge is -2.38. The van der Waals surface area contributed by atoms with Gasteiger partial charge in [-0.05, 0) is 27.7 Å². The molecular formula is C13H27NO2S. The summed E-state index contributed by atoms with van der Waals surface area (Å²) >= 11 is 2.02. The molecule has 1 N–H and O–H groups in total. The molecule has 17 heavy (non-hydrogen) atoms. The van der Waals surface area contributed by atoms with Crippen LogP contribution in [-0.4, -0.2) is 58.5 Å². The van der Waals surface area contributed by atoms with E-state index in [1.807, 2.05) is 32.5 Å². The lowest BCUT2D eigenvalue weighted by atomic mass is 10.1. The first-order valence-corrected chi connectivity index (χ1v) is 7.52. The predicted octanol–water partition coefficient (Wildman–Crippen LogP) is 1.99. The average molecular weight is 261 g/mol. The SMILES string of the molecule is CC1SCCN(CC(O)COC(C)(C)C)C1C. The van der Waals surface area contributed by atoms with E-state index in [9.17, 15) is 5.11 Å². The summed E-state index contributed by atoms with van der Waals surface area (Å²) in [6.07, 6.45) is -0.382. The lowest BCUT2D eigenvalue weighted by Crippen LogP contribution is -2.48. The highest BCUT2D eigenvalue weighted by Crippen LogP contribution is 2.24. The van der Waals surface area contributed by atoms with Gasteiger partial charge in [-0.25, -0.2) is 0 Å². The molecular weight excluding hydrogens is 234 g/mol. The van der Waals surface area contributed by atoms with Crippen LogP contribution in [0.1, 0.15) is 34.6 Å². The Morgan fingerprint density at radius 3 is 2.65 bits per heavy atom. The number of nitrogens with zero attached hydrogens (tertiary/aromatic N) is 1. The van der Waals surface area contributed by atoms with Gasteiger partial charge in [0.05, 0.1) is 18.3 Å². The molecule has 0 aromatic rings. The van der Waals surface area contributed by atoms with E-state index < -0.39 is 0 Å². The Balaban J connectivity index is 2.32. The largest absolute Gasteiger partial charge is 0.389 e. The standard InChI is InChI=1S/C13H27NO2S/c1-10-11(2)17-7-6-14(10)8-12(15)9-16-13(3,4)5/h10-12,15H,6-9H2,1-5H3. The van der Waals surface area contributed by atoms with Crippen LogP contribution in [0.3, 0.4) is 0 Å². The molecule has 1 rings (SSSR count). The molecule has 0 bridgehead atoms. The maximum Gasteiger partial charge on any atom is 0.0900 e. The van der Waals surface area contributed by atoms with Gasteiger partial charge in [0.25, 0.3) is 0 Å². The van der Waals surface area contributed by atoms with Crippen LogP contribution in [0, 0.1) is 0 Å². The molecule has 1 saturated heterocycles. The Morgan fingerprint density at radius 1 is 1.41 bits per heavy atom. The summed E-state index contributed by atoms with van der Waals surface area (Å²) in [6, 6.07) is 0.540. The molecule has 102 valence electrons. The molecule has 0 radical (unpaired) electrons. The number of hydrogen-bond donors (Lipinski definition) is 1. The van der Waals surface area contributed by atoms with Crippen molar-refractivity contribution in [3.63, 3.8) is 0 Å². The van der Waals surface area contributed by atoms with Gasteiger partial charge in [0.2, 0.25) is 0 Å². The first-order valence-electron chi connectivity index (χ1n) is 6.47. The average Bonchev–Trinajstić information content (AvgIpc) is 2.21. The molecule has 0 aromatic heterocycles. The Hall–Kier alpha value is 0.230. The first kappa shape index (κ1) is 15.3. The summed E-state index contributed by atoms with van der Waals surface area (Å²) in [5, 5.41) is 10.6. The smallest absolute Gasteiger partial charge is 0.0900 e. The molecule has 1 fully saturated rings. The molecule has 1 aliphatic rings. The van der Waals surface area contributed by atoms with Gasteiger partial charge in [0.1, 0.15) is 0 Å². The van der Waals surface area contributed by atoms with Gasteiger partial charge in [0.15, 0.2) is 0 Å². The minimum Gasteiger partial charge on any atom is -0.389 e. The summed E-state index contributed by atoms with van der Waals surface area (Å²) < 4.78 is 5.61. The summed E-state index contributed by atoms with van der Waals surface area (Å²) in [5.41, 5.74) is -0.169. The molecule has 0 saturated carbocycles. The molecule has 0 amide bonds. The van der Waals surface area contributed by atoms with Crippen LogP contribution < -0.4 is 0 Å². The van der Waals surface area contributed by atoms with E-state index >= 15 is 0 Å². The quantitative estimate of drug-likeness (QED) is 0.839. The molecule has 4 heteroatoms. The monoisotopic (exact) mass is 261 g/mol. The zero-order valence-electron chi connectivity index (χ0n) is 11.8. The van der Waals surface area contributed by atoms with E-state index in [0.29, 0.717) is 17.9 Å². The molecule has 3 nitrogen and oxygen atoms in total. The van der Waals surface area contributed by atoms with Crippen LogP contribution in [0.4, 0.5) is 0 Å². The fourth-order valence-electron chi connectivity index (χ4n) is 1.92. The Bertz CT molecular complexity index is 230. The number of aliphatic hydroxyl groups excluding tert-OH is 1. The van der Waals surface area contributed by atoms with Crippen molar-refractivity contribution in [1.82, 2.24) is 4.90 Å². The van der Waals surface area contributed by atoms with Crippen molar-refractivity contribution in [2.45, 2.75) is 57.6 Å². The minimum atomic E-state index is -0.382. The van der Waals surface area contributed by atoms with Crippen LogP contribution in [0.15, 0.2) is 0 Å². The number of β-amino-alcohol motifs (C(OH)–C–C–N with tert-alkyl or cyclic N) is 1. The number of rotatable bonds is 4. The summed E-state index contributed by atoms with van der Waals surface area (Å²) in [5.74, 6) is 1.17. The highest BCUT2D eigenvalue weighted by molar-refractivity contribution is 8.00. The van der Waals surface area contributed by atoms with E-state index in [0.717, 1.165) is 13.1 Å². The molecule has 3 atom stereocenters. The van der Waals surface area contributed by atoms with E-state index in [-0.39, 0.29) is 11.7 Å². The molecule has 0 aliphatic carbocycles. The van der Waals surface area contributed by atoms with Crippen LogP contribution in [0.25, 0.3) is 0 Å². The zero-order valence-corrected chi connectivity index (χ0v) is 12.6. The molecule has 1 aliphatic heterocycles.